The SMILES string of the molecule is O=C(NC1=NCCCCCN1)C1=C(Cl)CCCC1. The maximum atomic E-state index is 12.1. The van der Waals surface area contributed by atoms with Crippen LogP contribution < -0.4 is 10.6 Å². The fraction of sp³-hybridized carbons (Fsp3) is 0.692. The number of carbonyl (C=O) groups is 1. The quantitative estimate of drug-likeness (QED) is 0.767. The summed E-state index contributed by atoms with van der Waals surface area (Å²) in [6, 6.07) is 0. The molecule has 1 heterocycles. The van der Waals surface area contributed by atoms with Gasteiger partial charge < -0.3 is 5.32 Å². The van der Waals surface area contributed by atoms with Crippen LogP contribution in [-0.4, -0.2) is 25.0 Å². The van der Waals surface area contributed by atoms with E-state index in [2.05, 4.69) is 15.6 Å². The average Bonchev–Trinajstić information content (AvgIpc) is 2.33. The molecule has 1 aliphatic heterocycles. The molecule has 0 aromatic heterocycles. The molecule has 0 bridgehead atoms. The summed E-state index contributed by atoms with van der Waals surface area (Å²) >= 11 is 6.11. The molecule has 2 rings (SSSR count). The number of hydrogen-bond acceptors (Lipinski definition) is 3. The van der Waals surface area contributed by atoms with Crippen molar-refractivity contribution in [1.82, 2.24) is 10.6 Å². The Morgan fingerprint density at radius 1 is 1.17 bits per heavy atom. The van der Waals surface area contributed by atoms with Crippen LogP contribution in [0, 0.1) is 0 Å². The van der Waals surface area contributed by atoms with Crippen LogP contribution in [0.15, 0.2) is 15.6 Å². The Morgan fingerprint density at radius 3 is 2.83 bits per heavy atom. The van der Waals surface area contributed by atoms with E-state index in [1.807, 2.05) is 0 Å². The number of nitrogens with one attached hydrogen (secondary N) is 2. The van der Waals surface area contributed by atoms with Crippen LogP contribution in [0.3, 0.4) is 0 Å². The van der Waals surface area contributed by atoms with Crippen molar-refractivity contribution in [2.24, 2.45) is 4.99 Å². The van der Waals surface area contributed by atoms with E-state index >= 15 is 0 Å². The van der Waals surface area contributed by atoms with E-state index in [4.69, 9.17) is 11.6 Å². The van der Waals surface area contributed by atoms with Crippen molar-refractivity contribution in [2.45, 2.75) is 44.9 Å². The van der Waals surface area contributed by atoms with Crippen molar-refractivity contribution in [3.05, 3.63) is 10.6 Å². The first-order chi connectivity index (χ1) is 8.77. The molecule has 0 aromatic rings. The Labute approximate surface area is 113 Å². The number of rotatable bonds is 1. The lowest BCUT2D eigenvalue weighted by atomic mass is 9.99. The predicted molar refractivity (Wildman–Crippen MR) is 73.6 cm³/mol. The van der Waals surface area contributed by atoms with Gasteiger partial charge in [-0.1, -0.05) is 11.6 Å². The standard InChI is InChI=1S/C13H20ClN3O/c14-11-7-3-2-6-10(11)12(18)17-13-15-8-4-1-5-9-16-13/h1-9H2,(H2,15,16,17,18). The van der Waals surface area contributed by atoms with Crippen molar-refractivity contribution >= 4 is 23.5 Å². The molecule has 2 N–H and O–H groups in total. The van der Waals surface area contributed by atoms with E-state index in [-0.39, 0.29) is 5.91 Å². The van der Waals surface area contributed by atoms with E-state index < -0.39 is 0 Å². The van der Waals surface area contributed by atoms with Crippen molar-refractivity contribution < 1.29 is 4.79 Å². The third-order valence-electron chi connectivity index (χ3n) is 3.30. The maximum Gasteiger partial charge on any atom is 0.255 e. The smallest absolute Gasteiger partial charge is 0.255 e. The second kappa shape index (κ2) is 6.78. The molecule has 5 heteroatoms. The fourth-order valence-corrected chi connectivity index (χ4v) is 2.55. The Hall–Kier alpha value is -1.03. The Balaban J connectivity index is 1.97. The number of carbonyl (C=O) groups excluding carboxylic acids is 1. The van der Waals surface area contributed by atoms with E-state index in [0.29, 0.717) is 11.0 Å². The van der Waals surface area contributed by atoms with Crippen LogP contribution in [0.25, 0.3) is 0 Å². The molecule has 18 heavy (non-hydrogen) atoms. The molecule has 0 spiro atoms. The molecule has 2 aliphatic rings. The highest BCUT2D eigenvalue weighted by Gasteiger charge is 2.19. The zero-order valence-electron chi connectivity index (χ0n) is 10.6. The minimum absolute atomic E-state index is 0.0912. The lowest BCUT2D eigenvalue weighted by Gasteiger charge is -2.18. The summed E-state index contributed by atoms with van der Waals surface area (Å²) < 4.78 is 0. The summed E-state index contributed by atoms with van der Waals surface area (Å²) in [6.45, 7) is 1.64. The monoisotopic (exact) mass is 269 g/mol. The first kappa shape index (κ1) is 13.4. The molecular formula is C13H20ClN3O. The molecule has 1 aliphatic carbocycles. The molecule has 4 nitrogen and oxygen atoms in total. The van der Waals surface area contributed by atoms with Crippen LogP contribution in [0.4, 0.5) is 0 Å². The van der Waals surface area contributed by atoms with E-state index in [1.165, 1.54) is 6.42 Å². The molecule has 0 saturated carbocycles. The average molecular weight is 270 g/mol. The zero-order chi connectivity index (χ0) is 12.8. The molecule has 100 valence electrons. The summed E-state index contributed by atoms with van der Waals surface area (Å²) in [4.78, 5) is 16.5. The normalized spacial score (nSPS) is 21.5. The number of guanidine groups is 1. The van der Waals surface area contributed by atoms with Crippen molar-refractivity contribution in [1.29, 1.82) is 0 Å². The molecule has 0 aromatic carbocycles. The van der Waals surface area contributed by atoms with Gasteiger partial charge in [-0.05, 0) is 44.9 Å². The number of halogens is 1. The molecule has 0 saturated heterocycles. The number of hydrogen-bond donors (Lipinski definition) is 2. The lowest BCUT2D eigenvalue weighted by molar-refractivity contribution is -0.116. The summed E-state index contributed by atoms with van der Waals surface area (Å²) in [5.41, 5.74) is 0.731. The van der Waals surface area contributed by atoms with Crippen LogP contribution in [0.2, 0.25) is 0 Å². The van der Waals surface area contributed by atoms with Gasteiger partial charge in [-0.3, -0.25) is 15.1 Å². The van der Waals surface area contributed by atoms with Crippen molar-refractivity contribution in [2.75, 3.05) is 13.1 Å². The Bertz CT molecular complexity index is 376. The predicted octanol–water partition coefficient (Wildman–Crippen LogP) is 2.30. The fourth-order valence-electron chi connectivity index (χ4n) is 2.24. The van der Waals surface area contributed by atoms with Gasteiger partial charge in [-0.15, -0.1) is 0 Å². The summed E-state index contributed by atoms with van der Waals surface area (Å²) in [6.07, 6.45) is 7.12. The molecular weight excluding hydrogens is 250 g/mol. The maximum absolute atomic E-state index is 12.1. The second-order valence-electron chi connectivity index (χ2n) is 4.76. The van der Waals surface area contributed by atoms with E-state index in [9.17, 15) is 4.79 Å². The van der Waals surface area contributed by atoms with Crippen molar-refractivity contribution in [3.63, 3.8) is 0 Å². The van der Waals surface area contributed by atoms with Gasteiger partial charge in [0, 0.05) is 23.7 Å². The number of aliphatic imine (C=N–C) groups is 1. The topological polar surface area (TPSA) is 53.5 Å². The van der Waals surface area contributed by atoms with Gasteiger partial charge >= 0.3 is 0 Å². The number of nitrogens with zero attached hydrogens (tertiary/aromatic N) is 1. The summed E-state index contributed by atoms with van der Waals surface area (Å²) in [5, 5.41) is 6.72. The van der Waals surface area contributed by atoms with Gasteiger partial charge in [0.05, 0.1) is 0 Å². The summed E-state index contributed by atoms with van der Waals surface area (Å²) in [5.74, 6) is 0.508. The van der Waals surface area contributed by atoms with Gasteiger partial charge in [0.25, 0.3) is 5.91 Å². The van der Waals surface area contributed by atoms with Crippen molar-refractivity contribution in [3.8, 4) is 0 Å². The number of amides is 1. The van der Waals surface area contributed by atoms with Crippen LogP contribution in [0.1, 0.15) is 44.9 Å². The molecule has 0 fully saturated rings. The molecule has 1 amide bonds. The highest BCUT2D eigenvalue weighted by Crippen LogP contribution is 2.27. The van der Waals surface area contributed by atoms with Crippen LogP contribution in [-0.2, 0) is 4.79 Å². The van der Waals surface area contributed by atoms with Gasteiger partial charge in [0.1, 0.15) is 0 Å². The Morgan fingerprint density at radius 2 is 2.00 bits per heavy atom. The molecule has 0 unspecified atom stereocenters. The number of allylic oxidation sites excluding steroid dienone is 1. The van der Waals surface area contributed by atoms with Gasteiger partial charge in [0.15, 0.2) is 5.96 Å². The van der Waals surface area contributed by atoms with E-state index in [0.717, 1.165) is 57.2 Å². The minimum atomic E-state index is -0.0912. The largest absolute Gasteiger partial charge is 0.356 e. The van der Waals surface area contributed by atoms with Gasteiger partial charge in [0.2, 0.25) is 0 Å². The molecule has 0 atom stereocenters. The third kappa shape index (κ3) is 3.73. The highest BCUT2D eigenvalue weighted by molar-refractivity contribution is 6.32. The first-order valence-electron chi connectivity index (χ1n) is 6.74. The van der Waals surface area contributed by atoms with Crippen LogP contribution in [0.5, 0.6) is 0 Å². The minimum Gasteiger partial charge on any atom is -0.356 e. The van der Waals surface area contributed by atoms with E-state index in [1.54, 1.807) is 0 Å². The Kier molecular flexibility index (Phi) is 5.05. The van der Waals surface area contributed by atoms with Gasteiger partial charge in [-0.2, -0.15) is 0 Å². The lowest BCUT2D eigenvalue weighted by Crippen LogP contribution is -2.43. The zero-order valence-corrected chi connectivity index (χ0v) is 11.4. The van der Waals surface area contributed by atoms with Gasteiger partial charge in [-0.25, -0.2) is 0 Å². The third-order valence-corrected chi connectivity index (χ3v) is 3.72. The first-order valence-corrected chi connectivity index (χ1v) is 7.12. The highest BCUT2D eigenvalue weighted by atomic mass is 35.5. The second-order valence-corrected chi connectivity index (χ2v) is 5.22. The summed E-state index contributed by atoms with van der Waals surface area (Å²) in [7, 11) is 0. The molecule has 0 radical (unpaired) electrons. The van der Waals surface area contributed by atoms with Crippen LogP contribution >= 0.6 is 11.6 Å².